The van der Waals surface area contributed by atoms with Crippen LogP contribution in [0.1, 0.15) is 29.0 Å². The van der Waals surface area contributed by atoms with Gasteiger partial charge in [-0.15, -0.1) is 0 Å². The summed E-state index contributed by atoms with van der Waals surface area (Å²) < 4.78 is 10.9. The summed E-state index contributed by atoms with van der Waals surface area (Å²) in [4.78, 5) is 12.2. The molecule has 0 fully saturated rings. The van der Waals surface area contributed by atoms with E-state index in [1.54, 1.807) is 7.11 Å². The summed E-state index contributed by atoms with van der Waals surface area (Å²) in [5.74, 6) is 1.47. The Kier molecular flexibility index (Phi) is 5.32. The summed E-state index contributed by atoms with van der Waals surface area (Å²) in [6.07, 6.45) is 0.958. The van der Waals surface area contributed by atoms with Crippen LogP contribution in [0.15, 0.2) is 42.5 Å². The van der Waals surface area contributed by atoms with Gasteiger partial charge in [0.1, 0.15) is 11.5 Å². The molecule has 3 rings (SSSR count). The molecule has 1 aliphatic heterocycles. The Morgan fingerprint density at radius 1 is 1.32 bits per heavy atom. The largest absolute Gasteiger partial charge is 0.497 e. The zero-order chi connectivity index (χ0) is 17.8. The second-order valence-electron chi connectivity index (χ2n) is 6.44. The minimum Gasteiger partial charge on any atom is -0.497 e. The highest BCUT2D eigenvalue weighted by molar-refractivity contribution is 6.13. The van der Waals surface area contributed by atoms with Crippen molar-refractivity contribution >= 4 is 13.8 Å². The van der Waals surface area contributed by atoms with Gasteiger partial charge in [-0.05, 0) is 42.5 Å². The number of amides is 1. The maximum Gasteiger partial charge on any atom is 0.223 e. The summed E-state index contributed by atoms with van der Waals surface area (Å²) in [5.41, 5.74) is 3.24. The second-order valence-corrected chi connectivity index (χ2v) is 6.44. The molecule has 2 aromatic rings. The Morgan fingerprint density at radius 2 is 2.08 bits per heavy atom. The number of para-hydroxylation sites is 1. The van der Waals surface area contributed by atoms with Gasteiger partial charge in [0.05, 0.1) is 28.0 Å². The van der Waals surface area contributed by atoms with Crippen molar-refractivity contribution in [3.63, 3.8) is 0 Å². The predicted octanol–water partition coefficient (Wildman–Crippen LogP) is 2.72. The number of carbonyl (C=O) groups is 1. The first-order valence-corrected chi connectivity index (χ1v) is 8.47. The van der Waals surface area contributed by atoms with Crippen molar-refractivity contribution in [2.45, 2.75) is 31.6 Å². The van der Waals surface area contributed by atoms with Gasteiger partial charge in [0, 0.05) is 11.5 Å². The van der Waals surface area contributed by atoms with Crippen molar-refractivity contribution < 1.29 is 14.3 Å². The summed E-state index contributed by atoms with van der Waals surface area (Å²) >= 11 is 0. The lowest BCUT2D eigenvalue weighted by atomic mass is 9.84. The van der Waals surface area contributed by atoms with Crippen LogP contribution in [0, 0.1) is 6.92 Å². The number of carbonyl (C=O) groups excluding carboxylic acids is 1. The zero-order valence-corrected chi connectivity index (χ0v) is 14.6. The van der Waals surface area contributed by atoms with Gasteiger partial charge < -0.3 is 14.8 Å². The minimum atomic E-state index is -0.397. The summed E-state index contributed by atoms with van der Waals surface area (Å²) in [6, 6.07) is 13.6. The van der Waals surface area contributed by atoms with E-state index in [9.17, 15) is 4.79 Å². The number of methoxy groups -OCH3 is 1. The zero-order valence-electron chi connectivity index (χ0n) is 14.6. The molecular formula is C20H22BNO3. The van der Waals surface area contributed by atoms with E-state index in [2.05, 4.69) is 11.4 Å². The number of nitrogens with one attached hydrogen (secondary N) is 1. The molecule has 1 amide bonds. The number of aryl methyl sites for hydroxylation is 1. The lowest BCUT2D eigenvalue weighted by Crippen LogP contribution is -2.37. The topological polar surface area (TPSA) is 47.6 Å². The van der Waals surface area contributed by atoms with Crippen LogP contribution in [-0.4, -0.2) is 33.4 Å². The normalized spacial score (nSPS) is 16.6. The highest BCUT2D eigenvalue weighted by Crippen LogP contribution is 2.38. The molecule has 25 heavy (non-hydrogen) atoms. The summed E-state index contributed by atoms with van der Waals surface area (Å²) in [7, 11) is 7.76. The van der Waals surface area contributed by atoms with Gasteiger partial charge in [-0.3, -0.25) is 4.79 Å². The summed E-state index contributed by atoms with van der Waals surface area (Å²) in [6.45, 7) is 2.65. The fourth-order valence-corrected chi connectivity index (χ4v) is 3.21. The Morgan fingerprint density at radius 3 is 2.80 bits per heavy atom. The van der Waals surface area contributed by atoms with Crippen molar-refractivity contribution in [3.8, 4) is 11.5 Å². The Balaban J connectivity index is 1.53. The monoisotopic (exact) mass is 335 g/mol. The molecule has 1 heterocycles. The molecule has 1 N–H and O–H groups in total. The van der Waals surface area contributed by atoms with E-state index < -0.39 is 5.94 Å². The highest BCUT2D eigenvalue weighted by atomic mass is 16.5. The minimum absolute atomic E-state index is 0.0824. The SMILES string of the molecule is [B][C@H](C[C@@H]1COc2c(C)cccc21)NC(=O)Cc1ccc(OC)cc1. The highest BCUT2D eigenvalue weighted by Gasteiger charge is 2.26. The van der Waals surface area contributed by atoms with Gasteiger partial charge >= 0.3 is 0 Å². The molecule has 0 saturated carbocycles. The molecule has 2 atom stereocenters. The average Bonchev–Trinajstić information content (AvgIpc) is 2.99. The van der Waals surface area contributed by atoms with E-state index in [0.717, 1.165) is 22.6 Å². The van der Waals surface area contributed by atoms with Crippen LogP contribution in [0.3, 0.4) is 0 Å². The van der Waals surface area contributed by atoms with Gasteiger partial charge in [0.15, 0.2) is 0 Å². The third kappa shape index (κ3) is 4.16. The Labute approximate surface area is 149 Å². The van der Waals surface area contributed by atoms with Crippen molar-refractivity contribution in [1.29, 1.82) is 0 Å². The van der Waals surface area contributed by atoms with Crippen LogP contribution >= 0.6 is 0 Å². The molecule has 0 unspecified atom stereocenters. The van der Waals surface area contributed by atoms with Crippen molar-refractivity contribution in [2.24, 2.45) is 0 Å². The third-order valence-corrected chi connectivity index (χ3v) is 4.52. The molecule has 4 nitrogen and oxygen atoms in total. The second kappa shape index (κ2) is 7.64. The average molecular weight is 335 g/mol. The number of ether oxygens (including phenoxy) is 2. The summed E-state index contributed by atoms with van der Waals surface area (Å²) in [5, 5.41) is 2.88. The van der Waals surface area contributed by atoms with Crippen LogP contribution in [-0.2, 0) is 11.2 Å². The van der Waals surface area contributed by atoms with E-state index in [0.29, 0.717) is 19.4 Å². The smallest absolute Gasteiger partial charge is 0.223 e. The number of rotatable bonds is 6. The molecular weight excluding hydrogens is 313 g/mol. The van der Waals surface area contributed by atoms with Gasteiger partial charge in [-0.25, -0.2) is 0 Å². The fraction of sp³-hybridized carbons (Fsp3) is 0.350. The molecule has 0 aromatic heterocycles. The van der Waals surface area contributed by atoms with Crippen molar-refractivity contribution in [1.82, 2.24) is 5.32 Å². The molecule has 1 aliphatic rings. The van der Waals surface area contributed by atoms with Crippen LogP contribution in [0.4, 0.5) is 0 Å². The molecule has 0 bridgehead atoms. The first-order valence-electron chi connectivity index (χ1n) is 8.47. The van der Waals surface area contributed by atoms with Crippen molar-refractivity contribution in [2.75, 3.05) is 13.7 Å². The molecule has 0 saturated heterocycles. The maximum absolute atomic E-state index is 12.2. The van der Waals surface area contributed by atoms with Crippen LogP contribution in [0.25, 0.3) is 0 Å². The number of benzene rings is 2. The van der Waals surface area contributed by atoms with E-state index in [-0.39, 0.29) is 11.8 Å². The van der Waals surface area contributed by atoms with Crippen molar-refractivity contribution in [3.05, 3.63) is 59.2 Å². The van der Waals surface area contributed by atoms with Crippen LogP contribution in [0.2, 0.25) is 0 Å². The first-order chi connectivity index (χ1) is 12.1. The van der Waals surface area contributed by atoms with Crippen LogP contribution in [0.5, 0.6) is 11.5 Å². The number of fused-ring (bicyclic) bond motifs is 1. The van der Waals surface area contributed by atoms with E-state index in [1.807, 2.05) is 43.3 Å². The van der Waals surface area contributed by atoms with Crippen LogP contribution < -0.4 is 14.8 Å². The molecule has 0 spiro atoms. The molecule has 2 aromatic carbocycles. The molecule has 0 aliphatic carbocycles. The Hall–Kier alpha value is -2.43. The molecule has 5 heteroatoms. The maximum atomic E-state index is 12.2. The Bertz CT molecular complexity index is 745. The standard InChI is InChI=1S/C20H22BNO3/c1-13-4-3-5-17-15(12-25-20(13)17)11-18(21)22-19(23)10-14-6-8-16(24-2)9-7-14/h3-9,15,18H,10-12H2,1-2H3,(H,22,23)/t15-,18+/m1/s1. The lowest BCUT2D eigenvalue weighted by molar-refractivity contribution is -0.120. The molecule has 2 radical (unpaired) electrons. The van der Waals surface area contributed by atoms with E-state index >= 15 is 0 Å². The predicted molar refractivity (Wildman–Crippen MR) is 98.4 cm³/mol. The lowest BCUT2D eigenvalue weighted by Gasteiger charge is -2.18. The number of hydrogen-bond donors (Lipinski definition) is 1. The molecule has 128 valence electrons. The first kappa shape index (κ1) is 17.4. The van der Waals surface area contributed by atoms with Gasteiger partial charge in [0.2, 0.25) is 5.91 Å². The van der Waals surface area contributed by atoms with Gasteiger partial charge in [0.25, 0.3) is 0 Å². The van der Waals surface area contributed by atoms with Gasteiger partial charge in [-0.2, -0.15) is 0 Å². The quantitative estimate of drug-likeness (QED) is 0.826. The fourth-order valence-electron chi connectivity index (χ4n) is 3.21. The van der Waals surface area contributed by atoms with E-state index in [4.69, 9.17) is 17.3 Å². The number of hydrogen-bond acceptors (Lipinski definition) is 3. The van der Waals surface area contributed by atoms with E-state index in [1.165, 1.54) is 5.56 Å². The third-order valence-electron chi connectivity index (χ3n) is 4.52. The van der Waals surface area contributed by atoms with Gasteiger partial charge in [-0.1, -0.05) is 30.3 Å².